The van der Waals surface area contributed by atoms with Crippen LogP contribution in [0, 0.1) is 0 Å². The quantitative estimate of drug-likeness (QED) is 0.682. The number of hydrogen-bond acceptors (Lipinski definition) is 2. The van der Waals surface area contributed by atoms with Crippen LogP contribution in [0.4, 0.5) is 0 Å². The summed E-state index contributed by atoms with van der Waals surface area (Å²) in [5.41, 5.74) is 3.31. The van der Waals surface area contributed by atoms with Crippen molar-refractivity contribution in [1.29, 1.82) is 0 Å². The van der Waals surface area contributed by atoms with Gasteiger partial charge < -0.3 is 15.2 Å². The molecular weight excluding hydrogens is 254 g/mol. The highest BCUT2D eigenvalue weighted by molar-refractivity contribution is 5.93. The largest absolute Gasteiger partial charge is 0.508 e. The summed E-state index contributed by atoms with van der Waals surface area (Å²) in [6, 6.07) is 14.3. The molecule has 0 spiro atoms. The zero-order valence-corrected chi connectivity index (χ0v) is 10.6. The lowest BCUT2D eigenvalue weighted by molar-refractivity contribution is -0.136. The van der Waals surface area contributed by atoms with E-state index in [-0.39, 0.29) is 12.2 Å². The first-order valence-electron chi connectivity index (χ1n) is 6.26. The van der Waals surface area contributed by atoms with Gasteiger partial charge in [0.05, 0.1) is 12.1 Å². The van der Waals surface area contributed by atoms with E-state index in [9.17, 15) is 9.90 Å². The maximum atomic E-state index is 11.1. The van der Waals surface area contributed by atoms with Gasteiger partial charge in [0.15, 0.2) is 0 Å². The summed E-state index contributed by atoms with van der Waals surface area (Å²) in [6.45, 7) is 0. The zero-order valence-electron chi connectivity index (χ0n) is 10.6. The number of nitrogens with one attached hydrogen (secondary N) is 1. The fraction of sp³-hybridized carbons (Fsp3) is 0.0625. The summed E-state index contributed by atoms with van der Waals surface area (Å²) in [6.07, 6.45) is -0.0414. The van der Waals surface area contributed by atoms with Crippen LogP contribution >= 0.6 is 0 Å². The Morgan fingerprint density at radius 2 is 1.75 bits per heavy atom. The molecule has 0 unspecified atom stereocenters. The maximum Gasteiger partial charge on any atom is 0.307 e. The smallest absolute Gasteiger partial charge is 0.307 e. The number of phenols is 1. The number of hydrogen-bond donors (Lipinski definition) is 3. The van der Waals surface area contributed by atoms with E-state index >= 15 is 0 Å². The van der Waals surface area contributed by atoms with Crippen LogP contribution in [0.2, 0.25) is 0 Å². The van der Waals surface area contributed by atoms with E-state index in [1.807, 2.05) is 24.3 Å². The molecule has 0 aliphatic rings. The van der Waals surface area contributed by atoms with Gasteiger partial charge in [0, 0.05) is 10.9 Å². The molecule has 0 bridgehead atoms. The van der Waals surface area contributed by atoms with E-state index in [0.29, 0.717) is 0 Å². The molecule has 0 fully saturated rings. The maximum absolute atomic E-state index is 11.1. The van der Waals surface area contributed by atoms with Crippen molar-refractivity contribution in [3.05, 3.63) is 54.1 Å². The fourth-order valence-corrected chi connectivity index (χ4v) is 2.41. The van der Waals surface area contributed by atoms with Crippen molar-refractivity contribution in [2.75, 3.05) is 0 Å². The summed E-state index contributed by atoms with van der Waals surface area (Å²) in [5, 5.41) is 19.4. The number of carbonyl (C=O) groups is 1. The predicted molar refractivity (Wildman–Crippen MR) is 76.7 cm³/mol. The number of H-pyrrole nitrogens is 1. The summed E-state index contributed by atoms with van der Waals surface area (Å²) in [7, 11) is 0. The Hall–Kier alpha value is -2.75. The Morgan fingerprint density at radius 3 is 2.45 bits per heavy atom. The number of rotatable bonds is 3. The minimum absolute atomic E-state index is 0.0414. The van der Waals surface area contributed by atoms with E-state index < -0.39 is 5.97 Å². The lowest BCUT2D eigenvalue weighted by atomic mass is 10.0. The number of phenolic OH excluding ortho intramolecular Hbond substituents is 1. The number of aliphatic carboxylic acids is 1. The molecule has 1 heterocycles. The molecule has 2 aromatic carbocycles. The Morgan fingerprint density at radius 1 is 1.05 bits per heavy atom. The van der Waals surface area contributed by atoms with Crippen molar-refractivity contribution < 1.29 is 15.0 Å². The molecule has 3 aromatic rings. The first-order valence-corrected chi connectivity index (χ1v) is 6.26. The predicted octanol–water partition coefficient (Wildman–Crippen LogP) is 3.17. The van der Waals surface area contributed by atoms with Crippen LogP contribution in [-0.2, 0) is 11.2 Å². The number of carboxylic acids is 1. The molecule has 0 saturated carbocycles. The molecule has 4 nitrogen and oxygen atoms in total. The molecule has 0 atom stereocenters. The third kappa shape index (κ3) is 2.12. The highest BCUT2D eigenvalue weighted by Crippen LogP contribution is 2.31. The second-order valence-corrected chi connectivity index (χ2v) is 4.64. The molecule has 1 aromatic heterocycles. The van der Waals surface area contributed by atoms with Crippen LogP contribution in [0.5, 0.6) is 5.75 Å². The van der Waals surface area contributed by atoms with Crippen LogP contribution in [0.3, 0.4) is 0 Å². The molecule has 0 saturated heterocycles. The minimum atomic E-state index is -0.866. The van der Waals surface area contributed by atoms with Gasteiger partial charge in [-0.2, -0.15) is 0 Å². The summed E-state index contributed by atoms with van der Waals surface area (Å²) in [4.78, 5) is 14.4. The van der Waals surface area contributed by atoms with E-state index in [1.54, 1.807) is 24.3 Å². The van der Waals surface area contributed by atoms with Crippen molar-refractivity contribution >= 4 is 16.9 Å². The van der Waals surface area contributed by atoms with Gasteiger partial charge in [-0.05, 0) is 41.5 Å². The lowest BCUT2D eigenvalue weighted by Gasteiger charge is -2.03. The van der Waals surface area contributed by atoms with Gasteiger partial charge in [-0.15, -0.1) is 0 Å². The molecule has 0 aliphatic heterocycles. The molecule has 100 valence electrons. The van der Waals surface area contributed by atoms with E-state index in [4.69, 9.17) is 5.11 Å². The number of para-hydroxylation sites is 1. The van der Waals surface area contributed by atoms with Crippen LogP contribution < -0.4 is 0 Å². The number of benzene rings is 2. The highest BCUT2D eigenvalue weighted by Gasteiger charge is 2.15. The molecule has 3 rings (SSSR count). The van der Waals surface area contributed by atoms with E-state index in [1.165, 1.54) is 0 Å². The molecule has 0 aliphatic carbocycles. The lowest BCUT2D eigenvalue weighted by Crippen LogP contribution is -2.00. The van der Waals surface area contributed by atoms with Crippen LogP contribution in [0.15, 0.2) is 48.5 Å². The zero-order chi connectivity index (χ0) is 14.1. The van der Waals surface area contributed by atoms with Crippen molar-refractivity contribution in [1.82, 2.24) is 4.98 Å². The van der Waals surface area contributed by atoms with Crippen molar-refractivity contribution in [3.8, 4) is 17.0 Å². The highest BCUT2D eigenvalue weighted by atomic mass is 16.4. The molecule has 3 N–H and O–H groups in total. The average molecular weight is 267 g/mol. The normalized spacial score (nSPS) is 10.8. The summed E-state index contributed by atoms with van der Waals surface area (Å²) in [5.74, 6) is -0.681. The number of fused-ring (bicyclic) bond motifs is 1. The number of aromatic nitrogens is 1. The van der Waals surface area contributed by atoms with Crippen molar-refractivity contribution in [2.24, 2.45) is 0 Å². The first-order chi connectivity index (χ1) is 9.65. The standard InChI is InChI=1S/C16H13NO3/c18-11-7-5-10(6-8-11)16-13(9-15(19)20)12-3-1-2-4-14(12)17-16/h1-8,17-18H,9H2,(H,19,20). The van der Waals surface area contributed by atoms with Crippen molar-refractivity contribution in [3.63, 3.8) is 0 Å². The average Bonchev–Trinajstić information content (AvgIpc) is 2.78. The molecule has 20 heavy (non-hydrogen) atoms. The van der Waals surface area contributed by atoms with Gasteiger partial charge in [-0.3, -0.25) is 4.79 Å². The van der Waals surface area contributed by atoms with Crippen LogP contribution in [0.1, 0.15) is 5.56 Å². The SMILES string of the molecule is O=C(O)Cc1c(-c2ccc(O)cc2)[nH]c2ccccc12. The molecule has 4 heteroatoms. The Kier molecular flexibility index (Phi) is 2.91. The number of aromatic amines is 1. The monoisotopic (exact) mass is 267 g/mol. The number of aromatic hydroxyl groups is 1. The van der Waals surface area contributed by atoms with Gasteiger partial charge in [-0.25, -0.2) is 0 Å². The Balaban J connectivity index is 2.23. The second kappa shape index (κ2) is 4.74. The van der Waals surface area contributed by atoms with E-state index in [0.717, 1.165) is 27.7 Å². The minimum Gasteiger partial charge on any atom is -0.508 e. The van der Waals surface area contributed by atoms with Crippen molar-refractivity contribution in [2.45, 2.75) is 6.42 Å². The summed E-state index contributed by atoms with van der Waals surface area (Å²) >= 11 is 0. The van der Waals surface area contributed by atoms with Crippen LogP contribution in [0.25, 0.3) is 22.2 Å². The molecule has 0 radical (unpaired) electrons. The first kappa shape index (κ1) is 12.3. The van der Waals surface area contributed by atoms with Gasteiger partial charge in [0.25, 0.3) is 0 Å². The van der Waals surface area contributed by atoms with Gasteiger partial charge in [0.2, 0.25) is 0 Å². The number of carboxylic acid groups (broad SMARTS) is 1. The van der Waals surface area contributed by atoms with Crippen LogP contribution in [-0.4, -0.2) is 21.2 Å². The van der Waals surface area contributed by atoms with Gasteiger partial charge in [0.1, 0.15) is 5.75 Å². The second-order valence-electron chi connectivity index (χ2n) is 4.64. The molecule has 0 amide bonds. The topological polar surface area (TPSA) is 73.3 Å². The fourth-order valence-electron chi connectivity index (χ4n) is 2.41. The van der Waals surface area contributed by atoms with Gasteiger partial charge >= 0.3 is 5.97 Å². The third-order valence-corrected chi connectivity index (χ3v) is 3.30. The Bertz CT molecular complexity index is 772. The third-order valence-electron chi connectivity index (χ3n) is 3.30. The van der Waals surface area contributed by atoms with E-state index in [2.05, 4.69) is 4.98 Å². The summed E-state index contributed by atoms with van der Waals surface area (Å²) < 4.78 is 0. The Labute approximate surface area is 115 Å². The van der Waals surface area contributed by atoms with Gasteiger partial charge in [-0.1, -0.05) is 18.2 Å². The molecular formula is C16H13NO3.